The molecule has 21 heavy (non-hydrogen) atoms. The summed E-state index contributed by atoms with van der Waals surface area (Å²) < 4.78 is 38.2. The molecule has 8 heteroatoms. The van der Waals surface area contributed by atoms with Gasteiger partial charge < -0.3 is 15.7 Å². The maximum atomic E-state index is 12.7. The second-order valence-electron chi connectivity index (χ2n) is 5.54. The van der Waals surface area contributed by atoms with Gasteiger partial charge in [0.05, 0.1) is 18.7 Å². The van der Waals surface area contributed by atoms with Crippen LogP contribution in [-0.2, 0) is 6.18 Å². The van der Waals surface area contributed by atoms with Crippen molar-refractivity contribution < 1.29 is 23.1 Å². The van der Waals surface area contributed by atoms with E-state index in [-0.39, 0.29) is 30.4 Å². The van der Waals surface area contributed by atoms with Crippen molar-refractivity contribution in [2.24, 2.45) is 11.7 Å². The van der Waals surface area contributed by atoms with Gasteiger partial charge in [-0.2, -0.15) is 13.2 Å². The molecule has 1 aliphatic heterocycles. The molecule has 0 spiro atoms. The van der Waals surface area contributed by atoms with E-state index in [0.717, 1.165) is 12.1 Å². The number of carbonyl (C=O) groups is 1. The molecular weight excluding hydrogens is 287 g/mol. The van der Waals surface area contributed by atoms with Crippen molar-refractivity contribution in [3.05, 3.63) is 23.4 Å². The van der Waals surface area contributed by atoms with Gasteiger partial charge in [-0.15, -0.1) is 0 Å². The quantitative estimate of drug-likeness (QED) is 0.885. The van der Waals surface area contributed by atoms with Crippen LogP contribution in [0, 0.1) is 5.92 Å². The lowest BCUT2D eigenvalue weighted by Crippen LogP contribution is -2.65. The van der Waals surface area contributed by atoms with E-state index in [1.165, 1.54) is 4.90 Å². The van der Waals surface area contributed by atoms with Gasteiger partial charge in [0.1, 0.15) is 17.1 Å². The molecule has 116 valence electrons. The Morgan fingerprint density at radius 1 is 1.43 bits per heavy atom. The van der Waals surface area contributed by atoms with Crippen molar-refractivity contribution in [2.45, 2.75) is 25.6 Å². The Labute approximate surface area is 119 Å². The smallest absolute Gasteiger partial charge is 0.386 e. The number of β-amino-alcohol motifs (C(OH)–C–C–N with tert-alkyl or cyclic N) is 1. The van der Waals surface area contributed by atoms with Crippen molar-refractivity contribution in [1.29, 1.82) is 0 Å². The van der Waals surface area contributed by atoms with Crippen molar-refractivity contribution in [3.63, 3.8) is 0 Å². The molecule has 0 bridgehead atoms. The maximum Gasteiger partial charge on any atom is 0.433 e. The molecule has 0 atom stereocenters. The molecule has 2 rings (SSSR count). The zero-order valence-corrected chi connectivity index (χ0v) is 11.6. The highest BCUT2D eigenvalue weighted by Gasteiger charge is 2.45. The molecule has 0 radical (unpaired) electrons. The van der Waals surface area contributed by atoms with Crippen LogP contribution in [0.25, 0.3) is 0 Å². The van der Waals surface area contributed by atoms with Crippen LogP contribution in [0.1, 0.15) is 29.9 Å². The highest BCUT2D eigenvalue weighted by Crippen LogP contribution is 2.36. The number of rotatable bonds is 3. The number of hydrogen-bond donors (Lipinski definition) is 2. The molecule has 1 fully saturated rings. The van der Waals surface area contributed by atoms with E-state index >= 15 is 0 Å². The molecule has 1 aromatic rings. The van der Waals surface area contributed by atoms with Gasteiger partial charge in [-0.1, -0.05) is 13.8 Å². The van der Waals surface area contributed by atoms with Gasteiger partial charge in [0.25, 0.3) is 5.91 Å². The molecule has 0 aliphatic carbocycles. The number of alkyl halides is 3. The standard InChI is InChI=1S/C13H16F3N3O2/c1-7(2)12(21)5-19(6-12)11-8(10(17)20)3-4-9(18-11)13(14,15)16/h3-4,7,21H,5-6H2,1-2H3,(H2,17,20). The number of amides is 1. The molecule has 1 saturated heterocycles. The molecule has 0 saturated carbocycles. The largest absolute Gasteiger partial charge is 0.433 e. The average Bonchev–Trinajstić information content (AvgIpc) is 2.32. The first kappa shape index (κ1) is 15.6. The van der Waals surface area contributed by atoms with Gasteiger partial charge in [0.2, 0.25) is 0 Å². The summed E-state index contributed by atoms with van der Waals surface area (Å²) >= 11 is 0. The summed E-state index contributed by atoms with van der Waals surface area (Å²) in [6.45, 7) is 3.84. The van der Waals surface area contributed by atoms with Crippen LogP contribution < -0.4 is 10.6 Å². The summed E-state index contributed by atoms with van der Waals surface area (Å²) in [5.41, 5.74) is 2.99. The highest BCUT2D eigenvalue weighted by molar-refractivity contribution is 5.98. The molecular formula is C13H16F3N3O2. The molecule has 0 aromatic carbocycles. The first-order valence-electron chi connectivity index (χ1n) is 6.40. The van der Waals surface area contributed by atoms with Crippen LogP contribution in [0.15, 0.2) is 12.1 Å². The molecule has 5 nitrogen and oxygen atoms in total. The molecule has 3 N–H and O–H groups in total. The van der Waals surface area contributed by atoms with Crippen molar-refractivity contribution in [1.82, 2.24) is 4.98 Å². The van der Waals surface area contributed by atoms with E-state index in [0.29, 0.717) is 0 Å². The number of nitrogens with zero attached hydrogens (tertiary/aromatic N) is 2. The maximum absolute atomic E-state index is 12.7. The number of hydrogen-bond acceptors (Lipinski definition) is 4. The van der Waals surface area contributed by atoms with E-state index in [1.54, 1.807) is 0 Å². The lowest BCUT2D eigenvalue weighted by molar-refractivity contribution is -0.141. The Hall–Kier alpha value is -1.83. The minimum atomic E-state index is -4.61. The summed E-state index contributed by atoms with van der Waals surface area (Å²) in [7, 11) is 0. The fourth-order valence-electron chi connectivity index (χ4n) is 2.17. The molecule has 1 aliphatic rings. The molecule has 1 amide bonds. The Balaban J connectivity index is 2.36. The van der Waals surface area contributed by atoms with E-state index in [2.05, 4.69) is 4.98 Å². The van der Waals surface area contributed by atoms with E-state index < -0.39 is 23.4 Å². The number of halogens is 3. The molecule has 2 heterocycles. The lowest BCUT2D eigenvalue weighted by Gasteiger charge is -2.50. The third-order valence-electron chi connectivity index (χ3n) is 3.73. The monoisotopic (exact) mass is 303 g/mol. The third-order valence-corrected chi connectivity index (χ3v) is 3.73. The first-order valence-corrected chi connectivity index (χ1v) is 6.40. The SMILES string of the molecule is CC(C)C1(O)CN(c2nc(C(F)(F)F)ccc2C(N)=O)C1. The van der Waals surface area contributed by atoms with Gasteiger partial charge in [0.15, 0.2) is 0 Å². The van der Waals surface area contributed by atoms with Gasteiger partial charge >= 0.3 is 6.18 Å². The second kappa shape index (κ2) is 4.87. The van der Waals surface area contributed by atoms with Crippen LogP contribution >= 0.6 is 0 Å². The van der Waals surface area contributed by atoms with Crippen LogP contribution in [-0.4, -0.2) is 34.7 Å². The highest BCUT2D eigenvalue weighted by atomic mass is 19.4. The minimum Gasteiger partial charge on any atom is -0.386 e. The summed E-state index contributed by atoms with van der Waals surface area (Å²) in [6, 6.07) is 1.73. The normalized spacial score (nSPS) is 17.8. The number of carbonyl (C=O) groups excluding carboxylic acids is 1. The zero-order chi connectivity index (χ0) is 16.0. The second-order valence-corrected chi connectivity index (χ2v) is 5.54. The van der Waals surface area contributed by atoms with Crippen molar-refractivity contribution in [2.75, 3.05) is 18.0 Å². The van der Waals surface area contributed by atoms with E-state index in [4.69, 9.17) is 5.73 Å². The summed E-state index contributed by atoms with van der Waals surface area (Å²) in [5, 5.41) is 10.2. The zero-order valence-electron chi connectivity index (χ0n) is 11.6. The van der Waals surface area contributed by atoms with Crippen LogP contribution in [0.5, 0.6) is 0 Å². The number of aliphatic hydroxyl groups is 1. The fraction of sp³-hybridized carbons (Fsp3) is 0.538. The number of nitrogens with two attached hydrogens (primary N) is 1. The Bertz CT molecular complexity index is 566. The van der Waals surface area contributed by atoms with Crippen LogP contribution in [0.3, 0.4) is 0 Å². The van der Waals surface area contributed by atoms with E-state index in [9.17, 15) is 23.1 Å². The van der Waals surface area contributed by atoms with Crippen molar-refractivity contribution >= 4 is 11.7 Å². The summed E-state index contributed by atoms with van der Waals surface area (Å²) in [4.78, 5) is 16.3. The Morgan fingerprint density at radius 2 is 2.00 bits per heavy atom. The van der Waals surface area contributed by atoms with E-state index in [1.807, 2.05) is 13.8 Å². The van der Waals surface area contributed by atoms with Crippen LogP contribution in [0.4, 0.5) is 19.0 Å². The predicted molar refractivity (Wildman–Crippen MR) is 69.8 cm³/mol. The van der Waals surface area contributed by atoms with Gasteiger partial charge in [-0.05, 0) is 18.1 Å². The van der Waals surface area contributed by atoms with Crippen LogP contribution in [0.2, 0.25) is 0 Å². The number of aromatic nitrogens is 1. The Kier molecular flexibility index (Phi) is 3.61. The minimum absolute atomic E-state index is 0.0587. The number of primary amides is 1. The number of pyridine rings is 1. The van der Waals surface area contributed by atoms with Gasteiger partial charge in [-0.3, -0.25) is 4.79 Å². The molecule has 0 unspecified atom stereocenters. The molecule has 1 aromatic heterocycles. The lowest BCUT2D eigenvalue weighted by atomic mass is 9.83. The summed E-state index contributed by atoms with van der Waals surface area (Å²) in [5.74, 6) is -1.05. The third kappa shape index (κ3) is 2.80. The predicted octanol–water partition coefficient (Wildman–Crippen LogP) is 1.41. The average molecular weight is 303 g/mol. The Morgan fingerprint density at radius 3 is 2.43 bits per heavy atom. The van der Waals surface area contributed by atoms with Gasteiger partial charge in [-0.25, -0.2) is 4.98 Å². The summed E-state index contributed by atoms with van der Waals surface area (Å²) in [6.07, 6.45) is -4.61. The number of anilines is 1. The van der Waals surface area contributed by atoms with Crippen molar-refractivity contribution in [3.8, 4) is 0 Å². The van der Waals surface area contributed by atoms with Gasteiger partial charge in [0, 0.05) is 0 Å². The first-order chi connectivity index (χ1) is 9.54. The fourth-order valence-corrected chi connectivity index (χ4v) is 2.17. The topological polar surface area (TPSA) is 79.4 Å².